The summed E-state index contributed by atoms with van der Waals surface area (Å²) in [6.45, 7) is 3.99. The molecule has 1 heterocycles. The molecule has 0 spiro atoms. The first-order valence-corrected chi connectivity index (χ1v) is 7.87. The lowest BCUT2D eigenvalue weighted by atomic mass is 10.1. The number of amides is 1. The summed E-state index contributed by atoms with van der Waals surface area (Å²) in [5.74, 6) is 0.254. The van der Waals surface area contributed by atoms with Crippen LogP contribution in [0.1, 0.15) is 25.3 Å². The SMILES string of the molecule is CCC1NC(Cc2ccccc2)C(=O)N1CCCN(C)C. The van der Waals surface area contributed by atoms with Crippen molar-refractivity contribution in [2.75, 3.05) is 27.2 Å². The molecule has 4 heteroatoms. The van der Waals surface area contributed by atoms with E-state index in [9.17, 15) is 4.79 Å². The van der Waals surface area contributed by atoms with Gasteiger partial charge < -0.3 is 9.80 Å². The summed E-state index contributed by atoms with van der Waals surface area (Å²) in [5, 5.41) is 3.49. The summed E-state index contributed by atoms with van der Waals surface area (Å²) < 4.78 is 0. The molecule has 1 fully saturated rings. The number of hydrogen-bond acceptors (Lipinski definition) is 3. The lowest BCUT2D eigenvalue weighted by molar-refractivity contribution is -0.130. The highest BCUT2D eigenvalue weighted by Gasteiger charge is 2.37. The topological polar surface area (TPSA) is 35.6 Å². The van der Waals surface area contributed by atoms with Crippen LogP contribution in [0.4, 0.5) is 0 Å². The van der Waals surface area contributed by atoms with Gasteiger partial charge in [0.2, 0.25) is 5.91 Å². The van der Waals surface area contributed by atoms with Crippen molar-refractivity contribution < 1.29 is 4.79 Å². The van der Waals surface area contributed by atoms with Crippen LogP contribution in [0.25, 0.3) is 0 Å². The molecular weight excluding hydrogens is 262 g/mol. The van der Waals surface area contributed by atoms with E-state index in [0.29, 0.717) is 0 Å². The van der Waals surface area contributed by atoms with Crippen molar-refractivity contribution in [2.24, 2.45) is 0 Å². The number of benzene rings is 1. The highest BCUT2D eigenvalue weighted by atomic mass is 16.2. The van der Waals surface area contributed by atoms with Crippen molar-refractivity contribution in [1.29, 1.82) is 0 Å². The van der Waals surface area contributed by atoms with E-state index in [1.54, 1.807) is 0 Å². The Morgan fingerprint density at radius 1 is 1.24 bits per heavy atom. The molecule has 2 unspecified atom stereocenters. The third-order valence-corrected chi connectivity index (χ3v) is 4.02. The fourth-order valence-electron chi connectivity index (χ4n) is 2.90. The van der Waals surface area contributed by atoms with E-state index in [-0.39, 0.29) is 18.1 Å². The molecule has 1 N–H and O–H groups in total. The zero-order valence-corrected chi connectivity index (χ0v) is 13.4. The lowest BCUT2D eigenvalue weighted by Crippen LogP contribution is -2.38. The minimum Gasteiger partial charge on any atom is -0.326 e. The van der Waals surface area contributed by atoms with Gasteiger partial charge in [-0.15, -0.1) is 0 Å². The second-order valence-electron chi connectivity index (χ2n) is 6.02. The van der Waals surface area contributed by atoms with Crippen molar-refractivity contribution >= 4 is 5.91 Å². The van der Waals surface area contributed by atoms with Crippen LogP contribution < -0.4 is 5.32 Å². The van der Waals surface area contributed by atoms with Crippen LogP contribution >= 0.6 is 0 Å². The van der Waals surface area contributed by atoms with Gasteiger partial charge in [0.25, 0.3) is 0 Å². The van der Waals surface area contributed by atoms with Gasteiger partial charge in [0, 0.05) is 6.54 Å². The predicted octanol–water partition coefficient (Wildman–Crippen LogP) is 1.72. The van der Waals surface area contributed by atoms with Gasteiger partial charge in [0.05, 0.1) is 12.2 Å². The van der Waals surface area contributed by atoms with Crippen molar-refractivity contribution in [3.05, 3.63) is 35.9 Å². The van der Waals surface area contributed by atoms with Crippen molar-refractivity contribution in [1.82, 2.24) is 15.1 Å². The highest BCUT2D eigenvalue weighted by Crippen LogP contribution is 2.17. The Morgan fingerprint density at radius 3 is 2.57 bits per heavy atom. The highest BCUT2D eigenvalue weighted by molar-refractivity contribution is 5.84. The van der Waals surface area contributed by atoms with Gasteiger partial charge in [-0.25, -0.2) is 0 Å². The first-order chi connectivity index (χ1) is 10.1. The molecule has 1 amide bonds. The summed E-state index contributed by atoms with van der Waals surface area (Å²) in [4.78, 5) is 16.8. The molecular formula is C17H27N3O. The second kappa shape index (κ2) is 7.57. The van der Waals surface area contributed by atoms with E-state index in [0.717, 1.165) is 32.4 Å². The quantitative estimate of drug-likeness (QED) is 0.830. The zero-order valence-electron chi connectivity index (χ0n) is 13.4. The van der Waals surface area contributed by atoms with Crippen molar-refractivity contribution in [3.8, 4) is 0 Å². The summed E-state index contributed by atoms with van der Waals surface area (Å²) in [5.41, 5.74) is 1.22. The first-order valence-electron chi connectivity index (χ1n) is 7.87. The van der Waals surface area contributed by atoms with Gasteiger partial charge in [-0.1, -0.05) is 37.3 Å². The number of rotatable bonds is 7. The number of nitrogens with zero attached hydrogens (tertiary/aromatic N) is 2. The summed E-state index contributed by atoms with van der Waals surface area (Å²) in [6.07, 6.45) is 2.95. The molecule has 21 heavy (non-hydrogen) atoms. The van der Waals surface area contributed by atoms with Crippen LogP contribution in [0.5, 0.6) is 0 Å². The Morgan fingerprint density at radius 2 is 1.95 bits per heavy atom. The van der Waals surface area contributed by atoms with Crippen LogP contribution in [-0.4, -0.2) is 55.1 Å². The minimum absolute atomic E-state index is 0.0725. The Hall–Kier alpha value is -1.39. The van der Waals surface area contributed by atoms with Crippen LogP contribution in [0.2, 0.25) is 0 Å². The van der Waals surface area contributed by atoms with Gasteiger partial charge >= 0.3 is 0 Å². The molecule has 2 rings (SSSR count). The second-order valence-corrected chi connectivity index (χ2v) is 6.02. The van der Waals surface area contributed by atoms with Crippen LogP contribution in [-0.2, 0) is 11.2 Å². The van der Waals surface area contributed by atoms with Gasteiger partial charge in [-0.2, -0.15) is 0 Å². The number of hydrogen-bond donors (Lipinski definition) is 1. The fraction of sp³-hybridized carbons (Fsp3) is 0.588. The Labute approximate surface area is 128 Å². The summed E-state index contributed by atoms with van der Waals surface area (Å²) in [6, 6.07) is 10.2. The standard InChI is InChI=1S/C17H27N3O/c1-4-16-18-15(13-14-9-6-5-7-10-14)17(21)20(16)12-8-11-19(2)3/h5-7,9-10,15-16,18H,4,8,11-13H2,1-3H3. The number of carbonyl (C=O) groups excluding carboxylic acids is 1. The number of nitrogens with one attached hydrogen (secondary N) is 1. The summed E-state index contributed by atoms with van der Waals surface area (Å²) >= 11 is 0. The molecule has 0 aliphatic carbocycles. The Kier molecular flexibility index (Phi) is 5.76. The van der Waals surface area contributed by atoms with Crippen LogP contribution in [0, 0.1) is 0 Å². The fourth-order valence-corrected chi connectivity index (χ4v) is 2.90. The van der Waals surface area contributed by atoms with Gasteiger partial charge in [-0.05, 0) is 45.5 Å². The largest absolute Gasteiger partial charge is 0.326 e. The molecule has 0 radical (unpaired) electrons. The van der Waals surface area contributed by atoms with E-state index < -0.39 is 0 Å². The molecule has 116 valence electrons. The summed E-state index contributed by atoms with van der Waals surface area (Å²) in [7, 11) is 4.14. The van der Waals surface area contributed by atoms with Crippen LogP contribution in [0.15, 0.2) is 30.3 Å². The maximum Gasteiger partial charge on any atom is 0.241 e. The third-order valence-electron chi connectivity index (χ3n) is 4.02. The molecule has 0 bridgehead atoms. The molecule has 0 saturated carbocycles. The molecule has 1 saturated heterocycles. The average Bonchev–Trinajstić information content (AvgIpc) is 2.76. The average molecular weight is 289 g/mol. The Bertz CT molecular complexity index is 447. The van der Waals surface area contributed by atoms with Gasteiger partial charge in [0.15, 0.2) is 0 Å². The minimum atomic E-state index is -0.0725. The first kappa shape index (κ1) is 16.0. The smallest absolute Gasteiger partial charge is 0.241 e. The van der Waals surface area contributed by atoms with E-state index >= 15 is 0 Å². The molecule has 0 aromatic heterocycles. The number of carbonyl (C=O) groups is 1. The van der Waals surface area contributed by atoms with E-state index in [2.05, 4.69) is 43.4 Å². The normalized spacial score (nSPS) is 22.3. The van der Waals surface area contributed by atoms with Crippen molar-refractivity contribution in [2.45, 2.75) is 38.4 Å². The van der Waals surface area contributed by atoms with E-state index in [4.69, 9.17) is 0 Å². The maximum atomic E-state index is 12.6. The molecule has 1 aliphatic heterocycles. The zero-order chi connectivity index (χ0) is 15.2. The molecule has 1 aromatic rings. The van der Waals surface area contributed by atoms with E-state index in [1.165, 1.54) is 5.56 Å². The third kappa shape index (κ3) is 4.29. The van der Waals surface area contributed by atoms with Gasteiger partial charge in [0.1, 0.15) is 0 Å². The molecule has 2 atom stereocenters. The van der Waals surface area contributed by atoms with Gasteiger partial charge in [-0.3, -0.25) is 10.1 Å². The maximum absolute atomic E-state index is 12.6. The lowest BCUT2D eigenvalue weighted by Gasteiger charge is -2.23. The Balaban J connectivity index is 1.94. The molecule has 4 nitrogen and oxygen atoms in total. The van der Waals surface area contributed by atoms with Crippen LogP contribution in [0.3, 0.4) is 0 Å². The van der Waals surface area contributed by atoms with E-state index in [1.807, 2.05) is 23.1 Å². The predicted molar refractivity (Wildman–Crippen MR) is 86.0 cm³/mol. The monoisotopic (exact) mass is 289 g/mol. The van der Waals surface area contributed by atoms with Crippen molar-refractivity contribution in [3.63, 3.8) is 0 Å². The molecule has 1 aliphatic rings. The molecule has 1 aromatic carbocycles.